The van der Waals surface area contributed by atoms with Crippen molar-refractivity contribution < 1.29 is 5.11 Å². The predicted octanol–water partition coefficient (Wildman–Crippen LogP) is 2.77. The first-order valence-corrected chi connectivity index (χ1v) is 8.74. The Morgan fingerprint density at radius 1 is 1.10 bits per heavy atom. The van der Waals surface area contributed by atoms with Crippen LogP contribution >= 0.6 is 0 Å². The van der Waals surface area contributed by atoms with Crippen LogP contribution in [0.15, 0.2) is 0 Å². The van der Waals surface area contributed by atoms with Crippen LogP contribution in [0.3, 0.4) is 0 Å². The van der Waals surface area contributed by atoms with Gasteiger partial charge < -0.3 is 15.7 Å². The van der Waals surface area contributed by atoms with Gasteiger partial charge in [0.25, 0.3) is 0 Å². The quantitative estimate of drug-likeness (QED) is 0.815. The van der Waals surface area contributed by atoms with Crippen molar-refractivity contribution in [1.29, 1.82) is 0 Å². The van der Waals surface area contributed by atoms with Crippen molar-refractivity contribution in [2.24, 2.45) is 17.1 Å². The molecule has 0 radical (unpaired) electrons. The van der Waals surface area contributed by atoms with Gasteiger partial charge in [-0.2, -0.15) is 0 Å². The van der Waals surface area contributed by atoms with Crippen LogP contribution in [0.25, 0.3) is 0 Å². The molecule has 0 spiro atoms. The molecule has 1 saturated carbocycles. The topological polar surface area (TPSA) is 49.5 Å². The number of nitrogens with two attached hydrogens (primary N) is 1. The molecule has 0 bridgehead atoms. The molecule has 1 aliphatic carbocycles. The molecule has 0 aromatic carbocycles. The maximum Gasteiger partial charge on any atom is 0.0740 e. The minimum absolute atomic E-state index is 0.00300. The minimum Gasteiger partial charge on any atom is -0.389 e. The molecule has 3 N–H and O–H groups in total. The summed E-state index contributed by atoms with van der Waals surface area (Å²) in [7, 11) is 0. The number of likely N-dealkylation sites (tertiary alicyclic amines) is 1. The average molecular weight is 282 g/mol. The fraction of sp³-hybridized carbons (Fsp3) is 1.00. The van der Waals surface area contributed by atoms with Crippen LogP contribution in [0, 0.1) is 11.3 Å². The summed E-state index contributed by atoms with van der Waals surface area (Å²) in [5, 5.41) is 11.3. The molecule has 2 rings (SSSR count). The maximum absolute atomic E-state index is 11.3. The summed E-state index contributed by atoms with van der Waals surface area (Å²) in [4.78, 5) is 2.50. The van der Waals surface area contributed by atoms with Crippen LogP contribution in [0.2, 0.25) is 0 Å². The molecule has 1 aliphatic heterocycles. The van der Waals surface area contributed by atoms with E-state index in [-0.39, 0.29) is 5.41 Å². The SMILES string of the molecule is CCCN1CCC(O)(C2(CN)CCC(CC)CC2)CC1. The highest BCUT2D eigenvalue weighted by atomic mass is 16.3. The highest BCUT2D eigenvalue weighted by Gasteiger charge is 2.51. The van der Waals surface area contributed by atoms with Crippen LogP contribution in [0.4, 0.5) is 0 Å². The Morgan fingerprint density at radius 3 is 2.15 bits per heavy atom. The standard InChI is InChI=1S/C17H34N2O/c1-3-11-19-12-9-17(20,10-13-19)16(14-18)7-5-15(4-2)6-8-16/h15,20H,3-14,18H2,1-2H3. The van der Waals surface area contributed by atoms with Gasteiger partial charge in [-0.3, -0.25) is 0 Å². The second kappa shape index (κ2) is 6.76. The summed E-state index contributed by atoms with van der Waals surface area (Å²) in [6, 6.07) is 0. The van der Waals surface area contributed by atoms with Crippen molar-refractivity contribution in [2.45, 2.75) is 70.8 Å². The highest BCUT2D eigenvalue weighted by molar-refractivity contribution is 5.04. The Kier molecular flexibility index (Phi) is 5.49. The second-order valence-electron chi connectivity index (χ2n) is 7.21. The van der Waals surface area contributed by atoms with E-state index < -0.39 is 5.60 Å². The normalized spacial score (nSPS) is 35.1. The zero-order valence-electron chi connectivity index (χ0n) is 13.5. The maximum atomic E-state index is 11.3. The average Bonchev–Trinajstić information content (AvgIpc) is 2.50. The van der Waals surface area contributed by atoms with Gasteiger partial charge in [0.1, 0.15) is 0 Å². The number of nitrogens with zero attached hydrogens (tertiary/aromatic N) is 1. The van der Waals surface area contributed by atoms with Crippen LogP contribution in [0.5, 0.6) is 0 Å². The summed E-state index contributed by atoms with van der Waals surface area (Å²) < 4.78 is 0. The van der Waals surface area contributed by atoms with Crippen molar-refractivity contribution in [1.82, 2.24) is 4.90 Å². The first-order chi connectivity index (χ1) is 9.59. The summed E-state index contributed by atoms with van der Waals surface area (Å²) in [5.74, 6) is 0.860. The molecular formula is C17H34N2O. The zero-order valence-corrected chi connectivity index (χ0v) is 13.5. The van der Waals surface area contributed by atoms with Gasteiger partial charge in [0.15, 0.2) is 0 Å². The van der Waals surface area contributed by atoms with Gasteiger partial charge in [0.2, 0.25) is 0 Å². The molecule has 3 heteroatoms. The number of aliphatic hydroxyl groups is 1. The molecule has 0 amide bonds. The molecule has 118 valence electrons. The van der Waals surface area contributed by atoms with Gasteiger partial charge in [0.05, 0.1) is 5.60 Å². The molecule has 2 fully saturated rings. The van der Waals surface area contributed by atoms with Crippen LogP contribution in [0.1, 0.15) is 65.2 Å². The number of hydrogen-bond donors (Lipinski definition) is 2. The number of piperidine rings is 1. The van der Waals surface area contributed by atoms with Crippen molar-refractivity contribution >= 4 is 0 Å². The van der Waals surface area contributed by atoms with Crippen LogP contribution < -0.4 is 5.73 Å². The van der Waals surface area contributed by atoms with Gasteiger partial charge in [-0.25, -0.2) is 0 Å². The number of hydrogen-bond acceptors (Lipinski definition) is 3. The summed E-state index contributed by atoms with van der Waals surface area (Å²) >= 11 is 0. The minimum atomic E-state index is -0.509. The molecule has 2 aliphatic rings. The van der Waals surface area contributed by atoms with Crippen molar-refractivity contribution in [3.63, 3.8) is 0 Å². The highest BCUT2D eigenvalue weighted by Crippen LogP contribution is 2.50. The Morgan fingerprint density at radius 2 is 1.70 bits per heavy atom. The van der Waals surface area contributed by atoms with Gasteiger partial charge in [0, 0.05) is 25.0 Å². The van der Waals surface area contributed by atoms with Crippen molar-refractivity contribution in [3.8, 4) is 0 Å². The third kappa shape index (κ3) is 3.05. The molecule has 1 saturated heterocycles. The monoisotopic (exact) mass is 282 g/mol. The van der Waals surface area contributed by atoms with Gasteiger partial charge in [-0.1, -0.05) is 20.3 Å². The van der Waals surface area contributed by atoms with E-state index in [1.807, 2.05) is 0 Å². The Labute approximate surface area is 124 Å². The Hall–Kier alpha value is -0.120. The summed E-state index contributed by atoms with van der Waals surface area (Å²) in [6.45, 7) is 8.44. The van der Waals surface area contributed by atoms with E-state index in [0.717, 1.165) is 44.7 Å². The lowest BCUT2D eigenvalue weighted by atomic mass is 9.58. The Balaban J connectivity index is 2.00. The summed E-state index contributed by atoms with van der Waals surface area (Å²) in [6.07, 6.45) is 9.10. The van der Waals surface area contributed by atoms with Gasteiger partial charge >= 0.3 is 0 Å². The van der Waals surface area contributed by atoms with E-state index in [2.05, 4.69) is 18.7 Å². The number of rotatable bonds is 5. The van der Waals surface area contributed by atoms with E-state index in [0.29, 0.717) is 6.54 Å². The lowest BCUT2D eigenvalue weighted by Gasteiger charge is -2.53. The van der Waals surface area contributed by atoms with Crippen LogP contribution in [-0.2, 0) is 0 Å². The first kappa shape index (κ1) is 16.3. The van der Waals surface area contributed by atoms with E-state index in [4.69, 9.17) is 5.73 Å². The molecule has 1 heterocycles. The van der Waals surface area contributed by atoms with E-state index in [9.17, 15) is 5.11 Å². The smallest absolute Gasteiger partial charge is 0.0740 e. The van der Waals surface area contributed by atoms with E-state index in [1.165, 1.54) is 32.2 Å². The first-order valence-electron chi connectivity index (χ1n) is 8.74. The van der Waals surface area contributed by atoms with Gasteiger partial charge in [-0.15, -0.1) is 0 Å². The molecule has 0 atom stereocenters. The zero-order chi connectivity index (χ0) is 14.6. The second-order valence-corrected chi connectivity index (χ2v) is 7.21. The Bertz CT molecular complexity index is 289. The molecule has 0 unspecified atom stereocenters. The fourth-order valence-corrected chi connectivity index (χ4v) is 4.49. The van der Waals surface area contributed by atoms with E-state index in [1.54, 1.807) is 0 Å². The molecule has 0 aromatic heterocycles. The third-order valence-electron chi connectivity index (χ3n) is 6.24. The van der Waals surface area contributed by atoms with Crippen LogP contribution in [-0.4, -0.2) is 41.8 Å². The largest absolute Gasteiger partial charge is 0.389 e. The van der Waals surface area contributed by atoms with E-state index >= 15 is 0 Å². The molecule has 3 nitrogen and oxygen atoms in total. The predicted molar refractivity (Wildman–Crippen MR) is 84.7 cm³/mol. The molecular weight excluding hydrogens is 248 g/mol. The molecule has 0 aromatic rings. The molecule has 20 heavy (non-hydrogen) atoms. The van der Waals surface area contributed by atoms with Crippen molar-refractivity contribution in [2.75, 3.05) is 26.2 Å². The lowest BCUT2D eigenvalue weighted by Crippen LogP contribution is -2.59. The third-order valence-corrected chi connectivity index (χ3v) is 6.24. The summed E-state index contributed by atoms with van der Waals surface area (Å²) in [5.41, 5.74) is 5.65. The lowest BCUT2D eigenvalue weighted by molar-refractivity contribution is -0.136. The van der Waals surface area contributed by atoms with Gasteiger partial charge in [-0.05, 0) is 57.4 Å². The van der Waals surface area contributed by atoms with Crippen molar-refractivity contribution in [3.05, 3.63) is 0 Å². The fourth-order valence-electron chi connectivity index (χ4n) is 4.49.